The summed E-state index contributed by atoms with van der Waals surface area (Å²) in [5.74, 6) is 0.0315. The van der Waals surface area contributed by atoms with Gasteiger partial charge >= 0.3 is 5.97 Å². The van der Waals surface area contributed by atoms with Crippen LogP contribution < -0.4 is 0 Å². The molecule has 0 radical (unpaired) electrons. The molecule has 0 saturated heterocycles. The summed E-state index contributed by atoms with van der Waals surface area (Å²) < 4.78 is 5.42. The number of esters is 1. The maximum Gasteiger partial charge on any atom is 0.313 e. The van der Waals surface area contributed by atoms with Crippen molar-refractivity contribution in [3.63, 3.8) is 0 Å². The zero-order valence-corrected chi connectivity index (χ0v) is 10.9. The van der Waals surface area contributed by atoms with Gasteiger partial charge in [-0.15, -0.1) is 0 Å². The van der Waals surface area contributed by atoms with E-state index in [0.29, 0.717) is 19.4 Å². The average Bonchev–Trinajstić information content (AvgIpc) is 3.18. The second-order valence-corrected chi connectivity index (χ2v) is 5.65. The molecule has 2 fully saturated rings. The van der Waals surface area contributed by atoms with Gasteiger partial charge in [-0.1, -0.05) is 36.8 Å². The van der Waals surface area contributed by atoms with E-state index in [1.54, 1.807) is 0 Å². The van der Waals surface area contributed by atoms with Gasteiger partial charge in [0.1, 0.15) is 12.4 Å². The van der Waals surface area contributed by atoms with Gasteiger partial charge in [0.05, 0.1) is 5.41 Å². The molecule has 2 aliphatic carbocycles. The number of Topliss-reactive ketones (excluding diaryl/α,β-unsaturated/α-hetero) is 1. The van der Waals surface area contributed by atoms with Crippen molar-refractivity contribution in [1.82, 2.24) is 0 Å². The van der Waals surface area contributed by atoms with E-state index >= 15 is 0 Å². The summed E-state index contributed by atoms with van der Waals surface area (Å²) in [6.07, 6.45) is 4.04. The van der Waals surface area contributed by atoms with Gasteiger partial charge < -0.3 is 4.74 Å². The van der Waals surface area contributed by atoms with Gasteiger partial charge in [0.25, 0.3) is 0 Å². The number of hydrogen-bond donors (Lipinski definition) is 0. The van der Waals surface area contributed by atoms with E-state index in [9.17, 15) is 9.59 Å². The van der Waals surface area contributed by atoms with Crippen molar-refractivity contribution in [1.29, 1.82) is 0 Å². The van der Waals surface area contributed by atoms with Gasteiger partial charge in [0.2, 0.25) is 0 Å². The van der Waals surface area contributed by atoms with Crippen LogP contribution in [-0.4, -0.2) is 11.8 Å². The van der Waals surface area contributed by atoms with Crippen molar-refractivity contribution in [3.8, 4) is 0 Å². The standard InChI is InChI=1S/C16H18O3/c17-14-8-4-5-9-16(10-13(14)16)15(18)19-11-12-6-2-1-3-7-12/h1-3,6-7,13H,4-5,8-11H2. The number of benzene rings is 1. The van der Waals surface area contributed by atoms with Crippen molar-refractivity contribution in [2.45, 2.75) is 38.7 Å². The zero-order chi connectivity index (χ0) is 13.3. The summed E-state index contributed by atoms with van der Waals surface area (Å²) >= 11 is 0. The van der Waals surface area contributed by atoms with E-state index in [4.69, 9.17) is 4.74 Å². The van der Waals surface area contributed by atoms with E-state index in [-0.39, 0.29) is 17.7 Å². The number of fused-ring (bicyclic) bond motifs is 1. The molecule has 2 unspecified atom stereocenters. The van der Waals surface area contributed by atoms with Crippen LogP contribution >= 0.6 is 0 Å². The van der Waals surface area contributed by atoms with Gasteiger partial charge in [-0.05, 0) is 24.8 Å². The molecule has 2 saturated carbocycles. The summed E-state index contributed by atoms with van der Waals surface area (Å²) in [5, 5.41) is 0. The van der Waals surface area contributed by atoms with Gasteiger partial charge in [-0.2, -0.15) is 0 Å². The second kappa shape index (κ2) is 4.80. The molecular weight excluding hydrogens is 240 g/mol. The molecule has 100 valence electrons. The number of carbonyl (C=O) groups excluding carboxylic acids is 2. The van der Waals surface area contributed by atoms with Crippen LogP contribution in [0.2, 0.25) is 0 Å². The summed E-state index contributed by atoms with van der Waals surface area (Å²) in [6.45, 7) is 0.308. The first-order valence-corrected chi connectivity index (χ1v) is 6.96. The molecule has 0 bridgehead atoms. The van der Waals surface area contributed by atoms with Crippen molar-refractivity contribution in [2.24, 2.45) is 11.3 Å². The van der Waals surface area contributed by atoms with E-state index in [0.717, 1.165) is 24.8 Å². The van der Waals surface area contributed by atoms with Crippen molar-refractivity contribution >= 4 is 11.8 Å². The molecule has 0 aromatic heterocycles. The van der Waals surface area contributed by atoms with Crippen LogP contribution in [0, 0.1) is 11.3 Å². The summed E-state index contributed by atoms with van der Waals surface area (Å²) in [5.41, 5.74) is 0.520. The fourth-order valence-corrected chi connectivity index (χ4v) is 3.11. The highest BCUT2D eigenvalue weighted by Crippen LogP contribution is 2.59. The van der Waals surface area contributed by atoms with E-state index in [1.807, 2.05) is 30.3 Å². The van der Waals surface area contributed by atoms with Crippen LogP contribution in [-0.2, 0) is 20.9 Å². The lowest BCUT2D eigenvalue weighted by atomic mass is 9.98. The van der Waals surface area contributed by atoms with Crippen molar-refractivity contribution in [2.75, 3.05) is 0 Å². The molecule has 0 spiro atoms. The second-order valence-electron chi connectivity index (χ2n) is 5.65. The fourth-order valence-electron chi connectivity index (χ4n) is 3.11. The molecule has 0 aliphatic heterocycles. The molecule has 19 heavy (non-hydrogen) atoms. The molecule has 2 atom stereocenters. The van der Waals surface area contributed by atoms with Crippen LogP contribution in [0.1, 0.15) is 37.7 Å². The van der Waals surface area contributed by atoms with Crippen LogP contribution in [0.4, 0.5) is 0 Å². The largest absolute Gasteiger partial charge is 0.460 e. The average molecular weight is 258 g/mol. The van der Waals surface area contributed by atoms with Gasteiger partial charge in [-0.3, -0.25) is 9.59 Å². The first kappa shape index (κ1) is 12.4. The Morgan fingerprint density at radius 2 is 2.05 bits per heavy atom. The summed E-state index contributed by atoms with van der Waals surface area (Å²) in [7, 11) is 0. The predicted octanol–water partition coefficient (Wildman–Crippen LogP) is 2.88. The molecule has 0 heterocycles. The molecule has 1 aromatic rings. The summed E-state index contributed by atoms with van der Waals surface area (Å²) in [6, 6.07) is 9.67. The van der Waals surface area contributed by atoms with Crippen LogP contribution in [0.15, 0.2) is 30.3 Å². The Kier molecular flexibility index (Phi) is 3.13. The lowest BCUT2D eigenvalue weighted by Gasteiger charge is -2.14. The van der Waals surface area contributed by atoms with Gasteiger partial charge in [0, 0.05) is 12.3 Å². The lowest BCUT2D eigenvalue weighted by molar-refractivity contribution is -0.153. The molecular formula is C16H18O3. The molecule has 1 aromatic carbocycles. The number of hydrogen-bond acceptors (Lipinski definition) is 3. The third kappa shape index (κ3) is 2.29. The molecule has 2 aliphatic rings. The summed E-state index contributed by atoms with van der Waals surface area (Å²) in [4.78, 5) is 24.1. The smallest absolute Gasteiger partial charge is 0.313 e. The van der Waals surface area contributed by atoms with Crippen LogP contribution in [0.25, 0.3) is 0 Å². The van der Waals surface area contributed by atoms with Crippen LogP contribution in [0.5, 0.6) is 0 Å². The molecule has 3 nitrogen and oxygen atoms in total. The number of rotatable bonds is 3. The number of carbonyl (C=O) groups is 2. The minimum absolute atomic E-state index is 0.0572. The highest BCUT2D eigenvalue weighted by atomic mass is 16.5. The van der Waals surface area contributed by atoms with Crippen LogP contribution in [0.3, 0.4) is 0 Å². The zero-order valence-electron chi connectivity index (χ0n) is 10.9. The fraction of sp³-hybridized carbons (Fsp3) is 0.500. The predicted molar refractivity (Wildman–Crippen MR) is 70.3 cm³/mol. The minimum atomic E-state index is -0.470. The Bertz CT molecular complexity index is 494. The Hall–Kier alpha value is -1.64. The molecule has 0 N–H and O–H groups in total. The molecule has 3 heteroatoms. The maximum atomic E-state index is 12.3. The Morgan fingerprint density at radius 1 is 1.26 bits per heavy atom. The van der Waals surface area contributed by atoms with E-state index in [1.165, 1.54) is 0 Å². The van der Waals surface area contributed by atoms with Crippen molar-refractivity contribution < 1.29 is 14.3 Å². The van der Waals surface area contributed by atoms with Gasteiger partial charge in [0.15, 0.2) is 0 Å². The third-order valence-corrected chi connectivity index (χ3v) is 4.38. The maximum absolute atomic E-state index is 12.3. The molecule has 0 amide bonds. The minimum Gasteiger partial charge on any atom is -0.460 e. The number of ether oxygens (including phenoxy) is 1. The van der Waals surface area contributed by atoms with Crippen molar-refractivity contribution in [3.05, 3.63) is 35.9 Å². The van der Waals surface area contributed by atoms with Gasteiger partial charge in [-0.25, -0.2) is 0 Å². The van der Waals surface area contributed by atoms with E-state index < -0.39 is 5.41 Å². The molecule has 3 rings (SSSR count). The third-order valence-electron chi connectivity index (χ3n) is 4.38. The Morgan fingerprint density at radius 3 is 2.84 bits per heavy atom. The first-order valence-electron chi connectivity index (χ1n) is 6.96. The van der Waals surface area contributed by atoms with E-state index in [2.05, 4.69) is 0 Å². The normalized spacial score (nSPS) is 29.3. The highest BCUT2D eigenvalue weighted by molar-refractivity contribution is 5.94. The highest BCUT2D eigenvalue weighted by Gasteiger charge is 2.64. The first-order chi connectivity index (χ1) is 9.22. The lowest BCUT2D eigenvalue weighted by Crippen LogP contribution is -2.22. The SMILES string of the molecule is O=C1CCCCC2(C(=O)OCc3ccccc3)CC12. The topological polar surface area (TPSA) is 43.4 Å². The monoisotopic (exact) mass is 258 g/mol. The number of ketones is 1. The quantitative estimate of drug-likeness (QED) is 0.783. The Balaban J connectivity index is 1.63. The Labute approximate surface area is 113 Å².